The molecule has 0 aliphatic rings. The third kappa shape index (κ3) is 4.41. The number of carbonyl (C=O) groups excluding carboxylic acids is 1. The molecule has 1 N–H and O–H groups in total. The second-order valence-electron chi connectivity index (χ2n) is 5.04. The third-order valence-electron chi connectivity index (χ3n) is 3.29. The molecule has 0 aliphatic carbocycles. The Morgan fingerprint density at radius 3 is 2.74 bits per heavy atom. The Labute approximate surface area is 148 Å². The van der Waals surface area contributed by atoms with Gasteiger partial charge in [-0.1, -0.05) is 36.4 Å². The summed E-state index contributed by atoms with van der Waals surface area (Å²) < 4.78 is 6.78. The van der Waals surface area contributed by atoms with Crippen molar-refractivity contribution < 1.29 is 9.21 Å². The Morgan fingerprint density at radius 2 is 1.96 bits per heavy atom. The van der Waals surface area contributed by atoms with Crippen LogP contribution in [-0.4, -0.2) is 10.9 Å². The van der Waals surface area contributed by atoms with E-state index >= 15 is 0 Å². The molecule has 5 heteroatoms. The van der Waals surface area contributed by atoms with E-state index in [4.69, 9.17) is 4.42 Å². The van der Waals surface area contributed by atoms with Crippen molar-refractivity contribution in [1.29, 1.82) is 0 Å². The maximum Gasteiger partial charge on any atom is 0.224 e. The average Bonchev–Trinajstić information content (AvgIpc) is 3.03. The molecule has 0 fully saturated rings. The molecule has 3 rings (SSSR count). The van der Waals surface area contributed by atoms with Gasteiger partial charge in [0.15, 0.2) is 11.7 Å². The van der Waals surface area contributed by atoms with Crippen LogP contribution in [-0.2, 0) is 11.2 Å². The Kier molecular flexibility index (Phi) is 5.07. The number of hydrogen-bond donors (Lipinski definition) is 1. The quantitative estimate of drug-likeness (QED) is 0.621. The lowest BCUT2D eigenvalue weighted by Crippen LogP contribution is -2.12. The summed E-state index contributed by atoms with van der Waals surface area (Å²) in [6.45, 7) is 0. The van der Waals surface area contributed by atoms with Crippen LogP contribution in [0.2, 0.25) is 0 Å². The molecule has 1 aromatic heterocycles. The van der Waals surface area contributed by atoms with Crippen LogP contribution in [0.25, 0.3) is 11.3 Å². The van der Waals surface area contributed by atoms with Crippen molar-refractivity contribution in [2.75, 3.05) is 5.32 Å². The van der Waals surface area contributed by atoms with Gasteiger partial charge in [-0.05, 0) is 40.8 Å². The van der Waals surface area contributed by atoms with E-state index in [1.54, 1.807) is 6.20 Å². The lowest BCUT2D eigenvalue weighted by Gasteiger charge is -2.04. The highest BCUT2D eigenvalue weighted by atomic mass is 127. The van der Waals surface area contributed by atoms with Gasteiger partial charge in [0.25, 0.3) is 0 Å². The fourth-order valence-corrected chi connectivity index (χ4v) is 2.72. The van der Waals surface area contributed by atoms with Crippen LogP contribution >= 0.6 is 22.6 Å². The van der Waals surface area contributed by atoms with E-state index in [0.717, 1.165) is 20.6 Å². The van der Waals surface area contributed by atoms with Gasteiger partial charge in [-0.3, -0.25) is 4.79 Å². The number of nitrogens with one attached hydrogen (secondary N) is 1. The molecule has 0 aliphatic heterocycles. The summed E-state index contributed by atoms with van der Waals surface area (Å²) in [5.41, 5.74) is 1.79. The zero-order chi connectivity index (χ0) is 16.1. The average molecular weight is 418 g/mol. The molecular weight excluding hydrogens is 403 g/mol. The lowest BCUT2D eigenvalue weighted by atomic mass is 10.2. The molecule has 1 amide bonds. The number of carbonyl (C=O) groups is 1. The highest BCUT2D eigenvalue weighted by Crippen LogP contribution is 2.20. The van der Waals surface area contributed by atoms with E-state index in [9.17, 15) is 4.79 Å². The first kappa shape index (κ1) is 15.7. The molecule has 0 saturated carbocycles. The van der Waals surface area contributed by atoms with Gasteiger partial charge in [0, 0.05) is 27.7 Å². The number of halogens is 1. The van der Waals surface area contributed by atoms with Crippen molar-refractivity contribution >= 4 is 34.2 Å². The summed E-state index contributed by atoms with van der Waals surface area (Å²) in [5, 5.41) is 2.88. The highest BCUT2D eigenvalue weighted by molar-refractivity contribution is 14.1. The van der Waals surface area contributed by atoms with E-state index < -0.39 is 0 Å². The topological polar surface area (TPSA) is 55.1 Å². The van der Waals surface area contributed by atoms with Crippen molar-refractivity contribution in [3.8, 4) is 11.3 Å². The van der Waals surface area contributed by atoms with Crippen molar-refractivity contribution in [3.63, 3.8) is 0 Å². The van der Waals surface area contributed by atoms with Crippen molar-refractivity contribution in [2.24, 2.45) is 0 Å². The van der Waals surface area contributed by atoms with E-state index in [1.165, 1.54) is 0 Å². The zero-order valence-corrected chi connectivity index (χ0v) is 14.5. The predicted octanol–water partition coefficient (Wildman–Crippen LogP) is 4.52. The summed E-state index contributed by atoms with van der Waals surface area (Å²) in [6, 6.07) is 17.5. The number of oxazole rings is 1. The number of aryl methyl sites for hydroxylation is 1. The summed E-state index contributed by atoms with van der Waals surface area (Å²) in [5.74, 6) is 1.24. The minimum Gasteiger partial charge on any atom is -0.441 e. The normalized spacial score (nSPS) is 10.5. The van der Waals surface area contributed by atoms with E-state index in [2.05, 4.69) is 32.9 Å². The molecule has 1 heterocycles. The van der Waals surface area contributed by atoms with Crippen LogP contribution in [0.5, 0.6) is 0 Å². The first-order valence-corrected chi connectivity index (χ1v) is 8.34. The van der Waals surface area contributed by atoms with Gasteiger partial charge in [-0.25, -0.2) is 4.98 Å². The molecular formula is C18H15IN2O2. The molecule has 4 nitrogen and oxygen atoms in total. The first-order chi connectivity index (χ1) is 11.2. The van der Waals surface area contributed by atoms with Gasteiger partial charge < -0.3 is 9.73 Å². The molecule has 2 aromatic carbocycles. The molecule has 0 radical (unpaired) electrons. The second kappa shape index (κ2) is 7.41. The minimum absolute atomic E-state index is 0.0496. The molecule has 0 bridgehead atoms. The van der Waals surface area contributed by atoms with Gasteiger partial charge in [0.1, 0.15) is 0 Å². The van der Waals surface area contributed by atoms with Crippen LogP contribution in [0.4, 0.5) is 5.69 Å². The number of nitrogens with zero attached hydrogens (tertiary/aromatic N) is 1. The molecule has 0 atom stereocenters. The molecule has 0 spiro atoms. The SMILES string of the molecule is O=C(CCc1ncc(-c2ccccc2)o1)Nc1cccc(I)c1. The van der Waals surface area contributed by atoms with E-state index in [1.807, 2.05) is 54.6 Å². The first-order valence-electron chi connectivity index (χ1n) is 7.26. The molecule has 23 heavy (non-hydrogen) atoms. The Morgan fingerprint density at radius 1 is 1.13 bits per heavy atom. The summed E-state index contributed by atoms with van der Waals surface area (Å²) in [6.07, 6.45) is 2.50. The van der Waals surface area contributed by atoms with Gasteiger partial charge in [-0.2, -0.15) is 0 Å². The number of rotatable bonds is 5. The predicted molar refractivity (Wildman–Crippen MR) is 98.0 cm³/mol. The lowest BCUT2D eigenvalue weighted by molar-refractivity contribution is -0.116. The second-order valence-corrected chi connectivity index (χ2v) is 6.29. The fraction of sp³-hybridized carbons (Fsp3) is 0.111. The Balaban J connectivity index is 1.56. The minimum atomic E-state index is -0.0496. The molecule has 0 unspecified atom stereocenters. The maximum atomic E-state index is 12.0. The number of amides is 1. The van der Waals surface area contributed by atoms with Crippen LogP contribution < -0.4 is 5.32 Å². The Bertz CT molecular complexity index is 800. The van der Waals surface area contributed by atoms with Crippen molar-refractivity contribution in [3.05, 3.63) is 70.3 Å². The van der Waals surface area contributed by atoms with Crippen molar-refractivity contribution in [2.45, 2.75) is 12.8 Å². The summed E-state index contributed by atoms with van der Waals surface area (Å²) in [7, 11) is 0. The van der Waals surface area contributed by atoms with Crippen molar-refractivity contribution in [1.82, 2.24) is 4.98 Å². The van der Waals surface area contributed by atoms with E-state index in [-0.39, 0.29) is 5.91 Å². The maximum absolute atomic E-state index is 12.0. The van der Waals surface area contributed by atoms with Gasteiger partial charge in [0.2, 0.25) is 5.91 Å². The Hall–Kier alpha value is -2.15. The van der Waals surface area contributed by atoms with Crippen LogP contribution in [0, 0.1) is 3.57 Å². The third-order valence-corrected chi connectivity index (χ3v) is 3.96. The zero-order valence-electron chi connectivity index (χ0n) is 12.3. The van der Waals surface area contributed by atoms with Crippen LogP contribution in [0.1, 0.15) is 12.3 Å². The summed E-state index contributed by atoms with van der Waals surface area (Å²) in [4.78, 5) is 16.2. The molecule has 3 aromatic rings. The largest absolute Gasteiger partial charge is 0.441 e. The fourth-order valence-electron chi connectivity index (χ4n) is 2.17. The number of hydrogen-bond acceptors (Lipinski definition) is 3. The van der Waals surface area contributed by atoms with Crippen LogP contribution in [0.15, 0.2) is 65.2 Å². The van der Waals surface area contributed by atoms with Crippen LogP contribution in [0.3, 0.4) is 0 Å². The molecule has 116 valence electrons. The van der Waals surface area contributed by atoms with E-state index in [0.29, 0.717) is 18.7 Å². The monoisotopic (exact) mass is 418 g/mol. The number of benzene rings is 2. The number of anilines is 1. The highest BCUT2D eigenvalue weighted by Gasteiger charge is 2.09. The van der Waals surface area contributed by atoms with Gasteiger partial charge >= 0.3 is 0 Å². The standard InChI is InChI=1S/C18H15IN2O2/c19-14-7-4-8-15(11-14)21-17(22)9-10-18-20-12-16(23-18)13-5-2-1-3-6-13/h1-8,11-12H,9-10H2,(H,21,22). The molecule has 0 saturated heterocycles. The van der Waals surface area contributed by atoms with Gasteiger partial charge in [-0.15, -0.1) is 0 Å². The smallest absolute Gasteiger partial charge is 0.224 e. The van der Waals surface area contributed by atoms with Gasteiger partial charge in [0.05, 0.1) is 6.20 Å². The summed E-state index contributed by atoms with van der Waals surface area (Å²) >= 11 is 2.21. The number of aromatic nitrogens is 1.